The van der Waals surface area contributed by atoms with Gasteiger partial charge in [0.25, 0.3) is 5.91 Å². The first-order valence-corrected chi connectivity index (χ1v) is 7.83. The molecule has 118 valence electrons. The SMILES string of the molecule is O=C(COc1ccc(F)cc1)Nc1ccc2c(c1)NC(=O)CS2. The first-order chi connectivity index (χ1) is 11.1. The molecule has 0 spiro atoms. The van der Waals surface area contributed by atoms with Gasteiger partial charge in [-0.1, -0.05) is 0 Å². The predicted molar refractivity (Wildman–Crippen MR) is 86.3 cm³/mol. The molecule has 1 aliphatic heterocycles. The molecule has 2 aromatic carbocycles. The van der Waals surface area contributed by atoms with Crippen LogP contribution in [0.15, 0.2) is 47.4 Å². The van der Waals surface area contributed by atoms with E-state index in [0.717, 1.165) is 4.90 Å². The molecule has 0 bridgehead atoms. The fourth-order valence-electron chi connectivity index (χ4n) is 2.04. The van der Waals surface area contributed by atoms with E-state index in [1.165, 1.54) is 36.0 Å². The number of thioether (sulfide) groups is 1. The molecule has 0 unspecified atom stereocenters. The molecule has 0 radical (unpaired) electrons. The molecule has 5 nitrogen and oxygen atoms in total. The van der Waals surface area contributed by atoms with Gasteiger partial charge in [0.2, 0.25) is 5.91 Å². The van der Waals surface area contributed by atoms with Gasteiger partial charge in [-0.2, -0.15) is 0 Å². The van der Waals surface area contributed by atoms with Crippen molar-refractivity contribution in [2.45, 2.75) is 4.90 Å². The quantitative estimate of drug-likeness (QED) is 0.903. The zero-order chi connectivity index (χ0) is 16.2. The van der Waals surface area contributed by atoms with E-state index in [-0.39, 0.29) is 24.2 Å². The number of hydrogen-bond acceptors (Lipinski definition) is 4. The van der Waals surface area contributed by atoms with Crippen LogP contribution < -0.4 is 15.4 Å². The van der Waals surface area contributed by atoms with E-state index in [9.17, 15) is 14.0 Å². The van der Waals surface area contributed by atoms with Gasteiger partial charge in [0, 0.05) is 10.6 Å². The maximum absolute atomic E-state index is 12.8. The predicted octanol–water partition coefficient (Wildman–Crippen LogP) is 2.89. The van der Waals surface area contributed by atoms with Gasteiger partial charge in [0.1, 0.15) is 11.6 Å². The summed E-state index contributed by atoms with van der Waals surface area (Å²) in [4.78, 5) is 24.2. The second kappa shape index (κ2) is 6.70. The van der Waals surface area contributed by atoms with Gasteiger partial charge >= 0.3 is 0 Å². The smallest absolute Gasteiger partial charge is 0.262 e. The molecule has 1 heterocycles. The average molecular weight is 332 g/mol. The zero-order valence-electron chi connectivity index (χ0n) is 12.0. The Morgan fingerprint density at radius 1 is 1.26 bits per heavy atom. The largest absolute Gasteiger partial charge is 0.484 e. The third-order valence-electron chi connectivity index (χ3n) is 3.08. The molecular formula is C16H13FN2O3S. The van der Waals surface area contributed by atoms with Crippen molar-refractivity contribution in [2.24, 2.45) is 0 Å². The Morgan fingerprint density at radius 3 is 2.83 bits per heavy atom. The summed E-state index contributed by atoms with van der Waals surface area (Å²) in [5, 5.41) is 5.45. The lowest BCUT2D eigenvalue weighted by molar-refractivity contribution is -0.118. The van der Waals surface area contributed by atoms with Crippen molar-refractivity contribution in [3.63, 3.8) is 0 Å². The maximum atomic E-state index is 12.8. The molecule has 2 N–H and O–H groups in total. The molecule has 0 saturated heterocycles. The summed E-state index contributed by atoms with van der Waals surface area (Å²) in [5.74, 6) is 0.0330. The lowest BCUT2D eigenvalue weighted by atomic mass is 10.2. The zero-order valence-corrected chi connectivity index (χ0v) is 12.8. The van der Waals surface area contributed by atoms with Crippen molar-refractivity contribution in [3.8, 4) is 5.75 Å². The Balaban J connectivity index is 1.58. The van der Waals surface area contributed by atoms with Crippen LogP contribution in [-0.2, 0) is 9.59 Å². The van der Waals surface area contributed by atoms with Gasteiger partial charge in [-0.05, 0) is 42.5 Å². The first kappa shape index (κ1) is 15.4. The number of nitrogens with one attached hydrogen (secondary N) is 2. The average Bonchev–Trinajstić information content (AvgIpc) is 2.54. The number of rotatable bonds is 4. The Morgan fingerprint density at radius 2 is 2.04 bits per heavy atom. The molecule has 1 aliphatic rings. The lowest BCUT2D eigenvalue weighted by Gasteiger charge is -2.17. The van der Waals surface area contributed by atoms with Gasteiger partial charge in [-0.15, -0.1) is 11.8 Å². The summed E-state index contributed by atoms with van der Waals surface area (Å²) in [6.45, 7) is -0.191. The highest BCUT2D eigenvalue weighted by Crippen LogP contribution is 2.33. The van der Waals surface area contributed by atoms with Crippen LogP contribution in [-0.4, -0.2) is 24.2 Å². The van der Waals surface area contributed by atoms with E-state index in [2.05, 4.69) is 10.6 Å². The molecular weight excluding hydrogens is 319 g/mol. The van der Waals surface area contributed by atoms with Crippen LogP contribution in [0.5, 0.6) is 5.75 Å². The molecule has 3 rings (SSSR count). The highest BCUT2D eigenvalue weighted by molar-refractivity contribution is 8.00. The van der Waals surface area contributed by atoms with Gasteiger partial charge in [0.05, 0.1) is 11.4 Å². The number of amides is 2. The summed E-state index contributed by atoms with van der Waals surface area (Å²) < 4.78 is 18.0. The van der Waals surface area contributed by atoms with Gasteiger partial charge in [-0.3, -0.25) is 9.59 Å². The molecule has 23 heavy (non-hydrogen) atoms. The van der Waals surface area contributed by atoms with Gasteiger partial charge in [0.15, 0.2) is 6.61 Å². The Kier molecular flexibility index (Phi) is 4.47. The van der Waals surface area contributed by atoms with Crippen LogP contribution in [0.2, 0.25) is 0 Å². The van der Waals surface area contributed by atoms with Crippen molar-refractivity contribution in [1.29, 1.82) is 0 Å². The highest BCUT2D eigenvalue weighted by Gasteiger charge is 2.16. The number of halogens is 1. The Hall–Kier alpha value is -2.54. The highest BCUT2D eigenvalue weighted by atomic mass is 32.2. The number of fused-ring (bicyclic) bond motifs is 1. The molecule has 0 saturated carbocycles. The fraction of sp³-hybridized carbons (Fsp3) is 0.125. The first-order valence-electron chi connectivity index (χ1n) is 6.85. The summed E-state index contributed by atoms with van der Waals surface area (Å²) in [7, 11) is 0. The number of carbonyl (C=O) groups is 2. The number of anilines is 2. The minimum Gasteiger partial charge on any atom is -0.484 e. The van der Waals surface area contributed by atoms with E-state index < -0.39 is 0 Å². The molecule has 2 amide bonds. The second-order valence-electron chi connectivity index (χ2n) is 4.84. The molecule has 2 aromatic rings. The molecule has 0 aliphatic carbocycles. The summed E-state index contributed by atoms with van der Waals surface area (Å²) in [5.41, 5.74) is 1.25. The van der Waals surface area contributed by atoms with Crippen LogP contribution in [0.1, 0.15) is 0 Å². The maximum Gasteiger partial charge on any atom is 0.262 e. The monoisotopic (exact) mass is 332 g/mol. The van der Waals surface area contributed by atoms with Crippen molar-refractivity contribution < 1.29 is 18.7 Å². The lowest BCUT2D eigenvalue weighted by Crippen LogP contribution is -2.21. The van der Waals surface area contributed by atoms with E-state index in [4.69, 9.17) is 4.74 Å². The Bertz CT molecular complexity index is 749. The van der Waals surface area contributed by atoms with E-state index >= 15 is 0 Å². The minimum atomic E-state index is -0.365. The van der Waals surface area contributed by atoms with Crippen molar-refractivity contribution >= 4 is 35.0 Å². The van der Waals surface area contributed by atoms with E-state index in [1.54, 1.807) is 12.1 Å². The van der Waals surface area contributed by atoms with Crippen LogP contribution >= 0.6 is 11.8 Å². The molecule has 7 heteroatoms. The topological polar surface area (TPSA) is 67.4 Å². The van der Waals surface area contributed by atoms with Crippen molar-refractivity contribution in [3.05, 3.63) is 48.3 Å². The van der Waals surface area contributed by atoms with E-state index in [1.807, 2.05) is 6.07 Å². The summed E-state index contributed by atoms with van der Waals surface area (Å²) in [6.07, 6.45) is 0. The van der Waals surface area contributed by atoms with Gasteiger partial charge in [-0.25, -0.2) is 4.39 Å². The second-order valence-corrected chi connectivity index (χ2v) is 5.86. The number of benzene rings is 2. The summed E-state index contributed by atoms with van der Waals surface area (Å²) in [6, 6.07) is 10.7. The molecule has 0 fully saturated rings. The van der Waals surface area contributed by atoms with E-state index in [0.29, 0.717) is 22.9 Å². The number of carbonyl (C=O) groups excluding carboxylic acids is 2. The van der Waals surface area contributed by atoms with Crippen molar-refractivity contribution in [1.82, 2.24) is 0 Å². The molecule has 0 atom stereocenters. The van der Waals surface area contributed by atoms with Crippen LogP contribution in [0.4, 0.5) is 15.8 Å². The summed E-state index contributed by atoms with van der Waals surface area (Å²) >= 11 is 1.45. The van der Waals surface area contributed by atoms with Crippen molar-refractivity contribution in [2.75, 3.05) is 23.0 Å². The van der Waals surface area contributed by atoms with Gasteiger partial charge < -0.3 is 15.4 Å². The van der Waals surface area contributed by atoms with Crippen LogP contribution in [0, 0.1) is 5.82 Å². The number of ether oxygens (including phenoxy) is 1. The fourth-order valence-corrected chi connectivity index (χ4v) is 2.83. The minimum absolute atomic E-state index is 0.0642. The normalized spacial score (nSPS) is 13.0. The van der Waals surface area contributed by atoms with Crippen LogP contribution in [0.3, 0.4) is 0 Å². The third-order valence-corrected chi connectivity index (χ3v) is 4.15. The Labute approximate surface area is 136 Å². The molecule has 0 aromatic heterocycles. The van der Waals surface area contributed by atoms with Crippen LogP contribution in [0.25, 0.3) is 0 Å². The standard InChI is InChI=1S/C16H13FN2O3S/c17-10-1-4-12(5-2-10)22-8-15(20)18-11-3-6-14-13(7-11)19-16(21)9-23-14/h1-7H,8-9H2,(H,18,20)(H,19,21). The third kappa shape index (κ3) is 4.01. The number of hydrogen-bond donors (Lipinski definition) is 2.